The number of amides is 2. The second kappa shape index (κ2) is 17.6. The molecule has 1 aliphatic carbocycles. The van der Waals surface area contributed by atoms with Crippen molar-refractivity contribution < 1.29 is 51.2 Å². The van der Waals surface area contributed by atoms with E-state index in [0.29, 0.717) is 17.6 Å². The first-order valence-electron chi connectivity index (χ1n) is 14.7. The van der Waals surface area contributed by atoms with Crippen LogP contribution in [0.2, 0.25) is 0 Å². The number of aliphatic hydroxyl groups excluding tert-OH is 2. The molecule has 0 aromatic carbocycles. The Hall–Kier alpha value is -3.31. The number of rotatable bonds is 8. The van der Waals surface area contributed by atoms with Crippen molar-refractivity contribution in [1.29, 1.82) is 0 Å². The average molecular weight is 670 g/mol. The topological polar surface area (TPSA) is 216 Å². The summed E-state index contributed by atoms with van der Waals surface area (Å²) < 4.78 is 54.7. The predicted molar refractivity (Wildman–Crippen MR) is 170 cm³/mol. The normalized spacial score (nSPS) is 33.4. The van der Waals surface area contributed by atoms with Crippen LogP contribution < -0.4 is 16.4 Å². The van der Waals surface area contributed by atoms with Crippen molar-refractivity contribution in [2.75, 3.05) is 20.8 Å². The van der Waals surface area contributed by atoms with Gasteiger partial charge in [0.15, 0.2) is 6.10 Å². The molecule has 15 heteroatoms. The van der Waals surface area contributed by atoms with Crippen LogP contribution >= 0.6 is 0 Å². The first-order valence-corrected chi connectivity index (χ1v) is 16.1. The lowest BCUT2D eigenvalue weighted by Gasteiger charge is -2.33. The Kier molecular flexibility index (Phi) is 14.8. The van der Waals surface area contributed by atoms with Crippen LogP contribution in [-0.2, 0) is 33.6 Å². The molecule has 2 bridgehead atoms. The number of allylic oxidation sites excluding steroid dienone is 2. The Balaban J connectivity index is 2.72. The zero-order valence-electron chi connectivity index (χ0n) is 27.0. The number of carbonyl (C=O) groups excluding carboxylic acids is 2. The highest BCUT2D eigenvalue weighted by Gasteiger charge is 2.36. The third-order valence-corrected chi connectivity index (χ3v) is 8.18. The molecule has 2 rings (SSSR count). The highest BCUT2D eigenvalue weighted by molar-refractivity contribution is 7.80. The van der Waals surface area contributed by atoms with Gasteiger partial charge in [-0.05, 0) is 49.8 Å². The number of nitrogens with one attached hydrogen (secondary N) is 2. The lowest BCUT2D eigenvalue weighted by atomic mass is 9.84. The second-order valence-electron chi connectivity index (χ2n) is 11.4. The molecule has 0 aromatic heterocycles. The van der Waals surface area contributed by atoms with E-state index in [2.05, 4.69) is 17.2 Å². The lowest BCUT2D eigenvalue weighted by Crippen LogP contribution is -2.41. The fourth-order valence-corrected chi connectivity index (χ4v) is 5.84. The summed E-state index contributed by atoms with van der Waals surface area (Å²) >= 11 is 0. The van der Waals surface area contributed by atoms with Gasteiger partial charge in [0.2, 0.25) is 0 Å². The number of ether oxygens (including phenoxy) is 3. The molecule has 14 nitrogen and oxygen atoms in total. The fraction of sp³-hybridized carbons (Fsp3) is 0.548. The van der Waals surface area contributed by atoms with Crippen LogP contribution in [0.25, 0.3) is 0 Å². The summed E-state index contributed by atoms with van der Waals surface area (Å²) in [6, 6.07) is 0. The molecule has 46 heavy (non-hydrogen) atoms. The van der Waals surface area contributed by atoms with E-state index in [4.69, 9.17) is 24.1 Å². The highest BCUT2D eigenvalue weighted by atomic mass is 32.3. The summed E-state index contributed by atoms with van der Waals surface area (Å²) in [4.78, 5) is 25.0. The van der Waals surface area contributed by atoms with Crippen molar-refractivity contribution in [3.63, 3.8) is 0 Å². The number of primary amides is 1. The summed E-state index contributed by atoms with van der Waals surface area (Å²) in [5.74, 6) is -1.39. The van der Waals surface area contributed by atoms with Crippen molar-refractivity contribution >= 4 is 22.4 Å². The number of carbonyl (C=O) groups is 2. The Morgan fingerprint density at radius 2 is 1.87 bits per heavy atom. The Morgan fingerprint density at radius 1 is 1.20 bits per heavy atom. The molecule has 1 aliphatic heterocycles. The zero-order valence-corrected chi connectivity index (χ0v) is 27.8. The van der Waals surface area contributed by atoms with Gasteiger partial charge in [0.25, 0.3) is 5.91 Å². The van der Waals surface area contributed by atoms with Gasteiger partial charge in [-0.15, -0.1) is 6.58 Å². The third-order valence-electron chi connectivity index (χ3n) is 7.72. The van der Waals surface area contributed by atoms with E-state index in [0.717, 1.165) is 0 Å². The fourth-order valence-electron chi connectivity index (χ4n) is 5.43. The minimum atomic E-state index is -4.97. The van der Waals surface area contributed by atoms with Gasteiger partial charge in [-0.1, -0.05) is 44.2 Å². The molecule has 0 saturated heterocycles. The molecule has 2 amide bonds. The van der Waals surface area contributed by atoms with E-state index in [1.165, 1.54) is 45.4 Å². The van der Waals surface area contributed by atoms with Crippen molar-refractivity contribution in [2.45, 2.75) is 77.2 Å². The maximum absolute atomic E-state index is 13.2. The molecule has 1 heterocycles. The van der Waals surface area contributed by atoms with Crippen LogP contribution in [0.15, 0.2) is 71.1 Å². The number of fused-ring (bicyclic) bond motifs is 2. The number of hydrogen-bond donors (Lipinski definition) is 6. The smallest absolute Gasteiger partial charge is 0.405 e. The third kappa shape index (κ3) is 11.2. The molecule has 0 saturated carbocycles. The SMILES string of the molecule is C=CCNC1=C2C[C@@H](C)C[C@H](OC)[C@H](O)[C@@H](C)/C=C(\C)[C@H](OC(N)=O)[C@@H](OC)/C=C/C=C(/C)C(=O)NC(=CC1OS(=O)(=O)O)C2O. The van der Waals surface area contributed by atoms with Gasteiger partial charge in [-0.3, -0.25) is 9.35 Å². The van der Waals surface area contributed by atoms with Crippen LogP contribution in [0.3, 0.4) is 0 Å². The highest BCUT2D eigenvalue weighted by Crippen LogP contribution is 2.33. The van der Waals surface area contributed by atoms with Gasteiger partial charge in [0.1, 0.15) is 18.3 Å². The molecule has 0 fully saturated rings. The minimum absolute atomic E-state index is 0.0684. The van der Waals surface area contributed by atoms with E-state index in [1.807, 2.05) is 6.92 Å². The molecule has 8 atom stereocenters. The minimum Gasteiger partial charge on any atom is -0.439 e. The number of methoxy groups -OCH3 is 2. The van der Waals surface area contributed by atoms with Gasteiger partial charge >= 0.3 is 16.5 Å². The standard InChI is InChI=1S/C31H47N3O11S/c1-8-12-33-26-21-13-17(2)14-25(43-7)27(35)19(4)15-20(5)29(44-31(32)38)23(42-6)11-9-10-18(3)30(37)34-22(28(21)36)16-24(26)45-46(39,40)41/h8-11,15-17,19,23-25,27-29,33,35-36H,1,12-14H2,2-7H3,(H2,32,38)(H,34,37)(H,39,40,41)/b11-9+,18-10-,20-15+/t17-,19+,23+,24?,25+,27-,28?,29+/m1/s1. The van der Waals surface area contributed by atoms with Crippen molar-refractivity contribution in [1.82, 2.24) is 10.6 Å². The van der Waals surface area contributed by atoms with Gasteiger partial charge in [-0.25, -0.2) is 8.98 Å². The molecular formula is C31H47N3O11S. The van der Waals surface area contributed by atoms with E-state index in [1.54, 1.807) is 26.0 Å². The maximum Gasteiger partial charge on any atom is 0.405 e. The Bertz CT molecular complexity index is 1370. The monoisotopic (exact) mass is 669 g/mol. The zero-order chi connectivity index (χ0) is 34.8. The second-order valence-corrected chi connectivity index (χ2v) is 12.5. The number of hydrogen-bond acceptors (Lipinski definition) is 11. The lowest BCUT2D eigenvalue weighted by molar-refractivity contribution is -0.117. The molecular weight excluding hydrogens is 622 g/mol. The molecule has 2 unspecified atom stereocenters. The largest absolute Gasteiger partial charge is 0.439 e. The predicted octanol–water partition coefficient (Wildman–Crippen LogP) is 1.95. The van der Waals surface area contributed by atoms with E-state index in [-0.39, 0.29) is 35.9 Å². The maximum atomic E-state index is 13.2. The van der Waals surface area contributed by atoms with Crippen LogP contribution in [0.1, 0.15) is 40.5 Å². The van der Waals surface area contributed by atoms with Gasteiger partial charge in [-0.2, -0.15) is 8.42 Å². The van der Waals surface area contributed by atoms with Crippen molar-refractivity contribution in [3.05, 3.63) is 71.1 Å². The van der Waals surface area contributed by atoms with E-state index in [9.17, 15) is 32.8 Å². The van der Waals surface area contributed by atoms with Gasteiger partial charge in [0.05, 0.1) is 17.9 Å². The number of aliphatic hydroxyl groups is 2. The summed E-state index contributed by atoms with van der Waals surface area (Å²) in [6.07, 6.45) is 2.08. The summed E-state index contributed by atoms with van der Waals surface area (Å²) in [6.45, 7) is 10.7. The van der Waals surface area contributed by atoms with Crippen molar-refractivity contribution in [2.24, 2.45) is 17.6 Å². The van der Waals surface area contributed by atoms with Crippen LogP contribution in [0.4, 0.5) is 4.79 Å². The van der Waals surface area contributed by atoms with E-state index < -0.39 is 64.9 Å². The summed E-state index contributed by atoms with van der Waals surface area (Å²) in [7, 11) is -2.11. The van der Waals surface area contributed by atoms with Crippen LogP contribution in [0, 0.1) is 11.8 Å². The quantitative estimate of drug-likeness (QED) is 0.162. The molecule has 258 valence electrons. The number of nitrogens with two attached hydrogens (primary N) is 1. The first-order chi connectivity index (χ1) is 21.5. The average Bonchev–Trinajstić information content (AvgIpc) is 2.97. The van der Waals surface area contributed by atoms with Gasteiger partial charge < -0.3 is 40.8 Å². The van der Waals surface area contributed by atoms with Gasteiger partial charge in [0, 0.05) is 38.0 Å². The van der Waals surface area contributed by atoms with Crippen LogP contribution in [-0.4, -0.2) is 92.6 Å². The summed E-state index contributed by atoms with van der Waals surface area (Å²) in [5, 5.41) is 28.4. The molecule has 2 aliphatic rings. The van der Waals surface area contributed by atoms with E-state index >= 15 is 0 Å². The molecule has 0 aromatic rings. The summed E-state index contributed by atoms with van der Waals surface area (Å²) in [5.41, 5.74) is 6.49. The van der Waals surface area contributed by atoms with Crippen LogP contribution in [0.5, 0.6) is 0 Å². The van der Waals surface area contributed by atoms with Crippen molar-refractivity contribution in [3.8, 4) is 0 Å². The Labute approximate surface area is 270 Å². The molecule has 0 radical (unpaired) electrons. The first kappa shape index (κ1) is 38.9. The molecule has 7 N–H and O–H groups in total. The Morgan fingerprint density at radius 3 is 2.43 bits per heavy atom. The molecule has 0 spiro atoms.